The van der Waals surface area contributed by atoms with Crippen molar-refractivity contribution in [3.63, 3.8) is 0 Å². The monoisotopic (exact) mass is 367 g/mol. The highest BCUT2D eigenvalue weighted by molar-refractivity contribution is 6.05. The van der Waals surface area contributed by atoms with Crippen molar-refractivity contribution in [2.45, 2.75) is 13.8 Å². The highest BCUT2D eigenvalue weighted by atomic mass is 19.1. The van der Waals surface area contributed by atoms with Crippen molar-refractivity contribution in [1.82, 2.24) is 9.78 Å². The fraction of sp³-hybridized carbons (Fsp3) is 0.150. The van der Waals surface area contributed by atoms with Crippen LogP contribution in [0.4, 0.5) is 10.1 Å². The van der Waals surface area contributed by atoms with E-state index < -0.39 is 5.97 Å². The van der Waals surface area contributed by atoms with Crippen LogP contribution in [0.1, 0.15) is 33.3 Å². The van der Waals surface area contributed by atoms with Gasteiger partial charge in [0.25, 0.3) is 5.91 Å². The molecule has 6 nitrogen and oxygen atoms in total. The predicted octanol–water partition coefficient (Wildman–Crippen LogP) is 3.75. The zero-order valence-electron chi connectivity index (χ0n) is 14.9. The summed E-state index contributed by atoms with van der Waals surface area (Å²) in [5.41, 5.74) is 2.46. The predicted molar refractivity (Wildman–Crippen MR) is 98.6 cm³/mol. The van der Waals surface area contributed by atoms with Crippen LogP contribution in [0.15, 0.2) is 54.7 Å². The Morgan fingerprint density at radius 2 is 1.93 bits per heavy atom. The van der Waals surface area contributed by atoms with Crippen LogP contribution in [-0.4, -0.2) is 28.3 Å². The molecule has 1 amide bonds. The Hall–Kier alpha value is -3.48. The normalized spacial score (nSPS) is 10.5. The number of rotatable bonds is 5. The van der Waals surface area contributed by atoms with Crippen molar-refractivity contribution in [2.24, 2.45) is 0 Å². The van der Waals surface area contributed by atoms with E-state index in [4.69, 9.17) is 4.74 Å². The van der Waals surface area contributed by atoms with E-state index in [2.05, 4.69) is 10.4 Å². The van der Waals surface area contributed by atoms with E-state index in [-0.39, 0.29) is 18.3 Å². The summed E-state index contributed by atoms with van der Waals surface area (Å²) in [5.74, 6) is -1.15. The largest absolute Gasteiger partial charge is 0.462 e. The number of nitrogens with zero attached hydrogens (tertiary/aromatic N) is 2. The van der Waals surface area contributed by atoms with Gasteiger partial charge >= 0.3 is 5.97 Å². The van der Waals surface area contributed by atoms with Crippen LogP contribution in [-0.2, 0) is 4.74 Å². The molecule has 2 aromatic carbocycles. The van der Waals surface area contributed by atoms with Crippen LogP contribution in [0.2, 0.25) is 0 Å². The lowest BCUT2D eigenvalue weighted by molar-refractivity contribution is 0.0526. The lowest BCUT2D eigenvalue weighted by Gasteiger charge is -2.08. The first-order valence-electron chi connectivity index (χ1n) is 8.38. The maximum atomic E-state index is 13.1. The molecule has 7 heteroatoms. The fourth-order valence-electron chi connectivity index (χ4n) is 2.61. The van der Waals surface area contributed by atoms with Crippen LogP contribution in [0.5, 0.6) is 0 Å². The molecule has 0 radical (unpaired) electrons. The number of esters is 1. The number of halogens is 1. The van der Waals surface area contributed by atoms with E-state index in [0.29, 0.717) is 28.2 Å². The maximum absolute atomic E-state index is 13.1. The lowest BCUT2D eigenvalue weighted by Crippen LogP contribution is -2.14. The molecule has 0 saturated carbocycles. The summed E-state index contributed by atoms with van der Waals surface area (Å²) in [6.07, 6.45) is 1.45. The quantitative estimate of drug-likeness (QED) is 0.697. The van der Waals surface area contributed by atoms with Gasteiger partial charge in [0.15, 0.2) is 0 Å². The van der Waals surface area contributed by atoms with Crippen molar-refractivity contribution < 1.29 is 18.7 Å². The zero-order chi connectivity index (χ0) is 19.4. The molecule has 0 spiro atoms. The second-order valence-electron chi connectivity index (χ2n) is 5.79. The van der Waals surface area contributed by atoms with Gasteiger partial charge in [-0.1, -0.05) is 6.07 Å². The van der Waals surface area contributed by atoms with E-state index in [1.807, 2.05) is 0 Å². The number of aromatic nitrogens is 2. The number of benzene rings is 2. The van der Waals surface area contributed by atoms with Crippen LogP contribution in [0, 0.1) is 12.7 Å². The van der Waals surface area contributed by atoms with Crippen LogP contribution < -0.4 is 5.32 Å². The number of amides is 1. The summed E-state index contributed by atoms with van der Waals surface area (Å²) in [5, 5.41) is 6.96. The van der Waals surface area contributed by atoms with Gasteiger partial charge in [0.1, 0.15) is 5.82 Å². The number of anilines is 1. The third kappa shape index (κ3) is 4.03. The van der Waals surface area contributed by atoms with Gasteiger partial charge in [-0.25, -0.2) is 13.9 Å². The van der Waals surface area contributed by atoms with E-state index in [1.54, 1.807) is 54.9 Å². The van der Waals surface area contributed by atoms with E-state index in [1.165, 1.54) is 18.3 Å². The zero-order valence-corrected chi connectivity index (χ0v) is 14.9. The lowest BCUT2D eigenvalue weighted by atomic mass is 10.2. The highest BCUT2D eigenvalue weighted by Crippen LogP contribution is 2.17. The van der Waals surface area contributed by atoms with Gasteiger partial charge in [0, 0.05) is 5.69 Å². The second kappa shape index (κ2) is 7.82. The SMILES string of the molecule is CCOC(=O)c1cccc(NC(=O)c2cnn(-c3ccc(F)cc3)c2C)c1. The smallest absolute Gasteiger partial charge is 0.338 e. The van der Waals surface area contributed by atoms with Crippen LogP contribution >= 0.6 is 0 Å². The van der Waals surface area contributed by atoms with Gasteiger partial charge in [0.05, 0.1) is 35.3 Å². The topological polar surface area (TPSA) is 73.2 Å². The summed E-state index contributed by atoms with van der Waals surface area (Å²) >= 11 is 0. The molecule has 0 bridgehead atoms. The number of nitrogens with one attached hydrogen (secondary N) is 1. The highest BCUT2D eigenvalue weighted by Gasteiger charge is 2.16. The molecule has 0 aliphatic rings. The van der Waals surface area contributed by atoms with Gasteiger partial charge in [-0.15, -0.1) is 0 Å². The average Bonchev–Trinajstić information content (AvgIpc) is 3.04. The van der Waals surface area contributed by atoms with E-state index in [0.717, 1.165) is 0 Å². The first-order valence-corrected chi connectivity index (χ1v) is 8.38. The summed E-state index contributed by atoms with van der Waals surface area (Å²) in [6, 6.07) is 12.3. The summed E-state index contributed by atoms with van der Waals surface area (Å²) in [7, 11) is 0. The number of ether oxygens (including phenoxy) is 1. The number of carbonyl (C=O) groups is 2. The maximum Gasteiger partial charge on any atom is 0.338 e. The minimum Gasteiger partial charge on any atom is -0.462 e. The van der Waals surface area contributed by atoms with E-state index >= 15 is 0 Å². The van der Waals surface area contributed by atoms with Crippen LogP contribution in [0.25, 0.3) is 5.69 Å². The van der Waals surface area contributed by atoms with Gasteiger partial charge in [0.2, 0.25) is 0 Å². The molecule has 3 aromatic rings. The average molecular weight is 367 g/mol. The minimum absolute atomic E-state index is 0.275. The molecule has 0 saturated heterocycles. The Morgan fingerprint density at radius 3 is 2.63 bits per heavy atom. The standard InChI is InChI=1S/C20H18FN3O3/c1-3-27-20(26)14-5-4-6-16(11-14)23-19(25)18-12-22-24(13(18)2)17-9-7-15(21)8-10-17/h4-12H,3H2,1-2H3,(H,23,25). The first-order chi connectivity index (χ1) is 13.0. The van der Waals surface area contributed by atoms with Gasteiger partial charge in [-0.3, -0.25) is 4.79 Å². The molecule has 0 atom stereocenters. The van der Waals surface area contributed by atoms with Crippen molar-refractivity contribution in [3.8, 4) is 5.69 Å². The number of hydrogen-bond acceptors (Lipinski definition) is 4. The summed E-state index contributed by atoms with van der Waals surface area (Å²) in [6.45, 7) is 3.75. The molecule has 0 aliphatic carbocycles. The third-order valence-electron chi connectivity index (χ3n) is 3.96. The van der Waals surface area contributed by atoms with Crippen molar-refractivity contribution in [1.29, 1.82) is 0 Å². The molecule has 3 rings (SSSR count). The summed E-state index contributed by atoms with van der Waals surface area (Å²) in [4.78, 5) is 24.4. The Kier molecular flexibility index (Phi) is 5.30. The minimum atomic E-state index is -0.450. The number of hydrogen-bond donors (Lipinski definition) is 1. The van der Waals surface area contributed by atoms with Gasteiger partial charge in [-0.2, -0.15) is 5.10 Å². The second-order valence-corrected chi connectivity index (χ2v) is 5.79. The van der Waals surface area contributed by atoms with Crippen molar-refractivity contribution in [3.05, 3.63) is 77.4 Å². The fourth-order valence-corrected chi connectivity index (χ4v) is 2.61. The molecule has 0 aliphatic heterocycles. The van der Waals surface area contributed by atoms with Gasteiger partial charge in [-0.05, 0) is 56.3 Å². The molecule has 1 heterocycles. The Labute approximate surface area is 155 Å². The third-order valence-corrected chi connectivity index (χ3v) is 3.96. The molecular weight excluding hydrogens is 349 g/mol. The molecule has 1 aromatic heterocycles. The molecular formula is C20H18FN3O3. The Bertz CT molecular complexity index is 980. The Balaban J connectivity index is 1.80. The number of carbonyl (C=O) groups excluding carboxylic acids is 2. The Morgan fingerprint density at radius 1 is 1.19 bits per heavy atom. The first kappa shape index (κ1) is 18.3. The van der Waals surface area contributed by atoms with Crippen molar-refractivity contribution in [2.75, 3.05) is 11.9 Å². The van der Waals surface area contributed by atoms with Crippen LogP contribution in [0.3, 0.4) is 0 Å². The molecule has 138 valence electrons. The summed E-state index contributed by atoms with van der Waals surface area (Å²) < 4.78 is 19.6. The van der Waals surface area contributed by atoms with Crippen molar-refractivity contribution >= 4 is 17.6 Å². The molecule has 0 fully saturated rings. The molecule has 1 N–H and O–H groups in total. The van der Waals surface area contributed by atoms with Gasteiger partial charge < -0.3 is 10.1 Å². The molecule has 27 heavy (non-hydrogen) atoms. The van der Waals surface area contributed by atoms with E-state index in [9.17, 15) is 14.0 Å². The molecule has 0 unspecified atom stereocenters.